The van der Waals surface area contributed by atoms with Crippen LogP contribution in [0.1, 0.15) is 41.5 Å². The van der Waals surface area contributed by atoms with Gasteiger partial charge in [-0.05, 0) is 85.4 Å². The molecule has 4 aliphatic rings. The Balaban J connectivity index is 1.20. The molecule has 0 unspecified atom stereocenters. The topological polar surface area (TPSA) is 0 Å². The van der Waals surface area contributed by atoms with Crippen LogP contribution >= 0.6 is 118 Å². The van der Waals surface area contributed by atoms with Crippen molar-refractivity contribution >= 4 is 118 Å². The Morgan fingerprint density at radius 1 is 0.382 bits per heavy atom. The summed E-state index contributed by atoms with van der Waals surface area (Å²) in [4.78, 5) is 11.2. The number of allylic oxidation sites excluding steroid dienone is 6. The Hall–Kier alpha value is 1.16. The second-order valence-electron chi connectivity index (χ2n) is 7.55. The van der Waals surface area contributed by atoms with Crippen LogP contribution < -0.4 is 0 Å². The van der Waals surface area contributed by atoms with Gasteiger partial charge >= 0.3 is 0 Å². The Morgan fingerprint density at radius 3 is 0.971 bits per heavy atom. The zero-order chi connectivity index (χ0) is 24.0. The summed E-state index contributed by atoms with van der Waals surface area (Å²) < 4.78 is 8.62. The van der Waals surface area contributed by atoms with Crippen LogP contribution in [0, 0.1) is 0 Å². The van der Waals surface area contributed by atoms with Crippen molar-refractivity contribution in [1.29, 1.82) is 0 Å². The molecular weight excluding hydrogens is 609 g/mol. The van der Waals surface area contributed by atoms with Crippen LogP contribution in [0.5, 0.6) is 0 Å². The standard InChI is InChI=1S/C24H22S10/c1-11-12(2)26-21(25-11)23-29-15(5)19(33-23)31-17-7-9-18(10-8-17)32-20-16(6)30-24(34-20)22-27-13(3)14(4)28-22/h7-10H,1-6H3. The molecule has 34 heavy (non-hydrogen) atoms. The summed E-state index contributed by atoms with van der Waals surface area (Å²) in [7, 11) is 0. The first-order chi connectivity index (χ1) is 16.3. The maximum Gasteiger partial charge on any atom is 0.0708 e. The predicted molar refractivity (Wildman–Crippen MR) is 175 cm³/mol. The summed E-state index contributed by atoms with van der Waals surface area (Å²) in [6.07, 6.45) is 0. The molecular formula is C24H22S10. The first-order valence-electron chi connectivity index (χ1n) is 10.4. The number of benzene rings is 1. The first-order valence-corrected chi connectivity index (χ1v) is 18.6. The normalized spacial score (nSPS) is 21.6. The summed E-state index contributed by atoms with van der Waals surface area (Å²) in [6.45, 7) is 13.4. The van der Waals surface area contributed by atoms with E-state index >= 15 is 0 Å². The molecule has 0 aliphatic carbocycles. The van der Waals surface area contributed by atoms with Gasteiger partial charge in [0.2, 0.25) is 0 Å². The lowest BCUT2D eigenvalue weighted by Crippen LogP contribution is -1.76. The van der Waals surface area contributed by atoms with Crippen LogP contribution in [0.25, 0.3) is 0 Å². The summed E-state index contributed by atoms with van der Waals surface area (Å²) in [5.74, 6) is 0. The van der Waals surface area contributed by atoms with Crippen LogP contribution in [0.2, 0.25) is 0 Å². The summed E-state index contributed by atoms with van der Waals surface area (Å²) in [6, 6.07) is 9.11. The van der Waals surface area contributed by atoms with Crippen molar-refractivity contribution in [3.63, 3.8) is 0 Å². The van der Waals surface area contributed by atoms with Crippen molar-refractivity contribution in [2.75, 3.05) is 0 Å². The second kappa shape index (κ2) is 11.5. The average molecular weight is 631 g/mol. The van der Waals surface area contributed by atoms with Gasteiger partial charge in [-0.3, -0.25) is 0 Å². The Morgan fingerprint density at radius 2 is 0.647 bits per heavy atom. The van der Waals surface area contributed by atoms with E-state index in [1.165, 1.54) is 64.6 Å². The fourth-order valence-electron chi connectivity index (χ4n) is 2.91. The van der Waals surface area contributed by atoms with Crippen LogP contribution in [0.3, 0.4) is 0 Å². The van der Waals surface area contributed by atoms with Crippen molar-refractivity contribution < 1.29 is 0 Å². The molecule has 0 amide bonds. The number of hydrogen-bond donors (Lipinski definition) is 0. The smallest absolute Gasteiger partial charge is 0.0708 e. The molecule has 0 N–H and O–H groups in total. The van der Waals surface area contributed by atoms with Crippen molar-refractivity contribution in [3.8, 4) is 0 Å². The fourth-order valence-corrected chi connectivity index (χ4v) is 16.5. The number of thioether (sulfide) groups is 10. The lowest BCUT2D eigenvalue weighted by atomic mass is 10.4. The van der Waals surface area contributed by atoms with Gasteiger partial charge in [0.1, 0.15) is 0 Å². The summed E-state index contributed by atoms with van der Waals surface area (Å²) >= 11 is 19.3. The largest absolute Gasteiger partial charge is 0.0849 e. The average Bonchev–Trinajstić information content (AvgIpc) is 3.53. The van der Waals surface area contributed by atoms with Crippen molar-refractivity contribution in [2.24, 2.45) is 0 Å². The summed E-state index contributed by atoms with van der Waals surface area (Å²) in [5, 5.41) is 0. The predicted octanol–water partition coefficient (Wildman–Crippen LogP) is 12.9. The first kappa shape index (κ1) is 26.8. The van der Waals surface area contributed by atoms with E-state index in [0.29, 0.717) is 0 Å². The molecule has 5 rings (SSSR count). The van der Waals surface area contributed by atoms with Gasteiger partial charge < -0.3 is 0 Å². The molecule has 0 saturated carbocycles. The monoisotopic (exact) mass is 630 g/mol. The molecule has 1 aromatic carbocycles. The third kappa shape index (κ3) is 6.07. The quantitative estimate of drug-likeness (QED) is 0.314. The maximum absolute atomic E-state index is 2.28. The molecule has 0 atom stereocenters. The Labute approximate surface area is 245 Å². The molecule has 0 spiro atoms. The van der Waals surface area contributed by atoms with E-state index in [-0.39, 0.29) is 0 Å². The highest BCUT2D eigenvalue weighted by atomic mass is 32.2. The highest BCUT2D eigenvalue weighted by molar-refractivity contribution is 8.39. The fraction of sp³-hybridized carbons (Fsp3) is 0.250. The molecule has 4 aliphatic heterocycles. The highest BCUT2D eigenvalue weighted by Gasteiger charge is 2.28. The van der Waals surface area contributed by atoms with E-state index in [1.807, 2.05) is 118 Å². The van der Waals surface area contributed by atoms with E-state index in [4.69, 9.17) is 0 Å². The van der Waals surface area contributed by atoms with E-state index in [0.717, 1.165) is 0 Å². The number of hydrogen-bond acceptors (Lipinski definition) is 10. The maximum atomic E-state index is 2.28. The van der Waals surface area contributed by atoms with Gasteiger partial charge in [0.05, 0.1) is 25.4 Å². The van der Waals surface area contributed by atoms with E-state index in [1.54, 1.807) is 0 Å². The van der Waals surface area contributed by atoms with E-state index < -0.39 is 0 Å². The van der Waals surface area contributed by atoms with Crippen LogP contribution in [0.15, 0.2) is 88.9 Å². The van der Waals surface area contributed by atoms with Gasteiger partial charge in [-0.2, -0.15) is 0 Å². The third-order valence-electron chi connectivity index (χ3n) is 4.99. The zero-order valence-electron chi connectivity index (χ0n) is 19.4. The molecule has 0 fully saturated rings. The minimum absolute atomic E-state index is 1.31. The van der Waals surface area contributed by atoms with Crippen LogP contribution in [-0.4, -0.2) is 0 Å². The zero-order valence-corrected chi connectivity index (χ0v) is 27.6. The Kier molecular flexibility index (Phi) is 9.05. The lowest BCUT2D eigenvalue weighted by Gasteiger charge is -2.06. The highest BCUT2D eigenvalue weighted by Crippen LogP contribution is 2.63. The molecule has 178 valence electrons. The molecule has 0 nitrogen and oxygen atoms in total. The lowest BCUT2D eigenvalue weighted by molar-refractivity contribution is 1.36. The van der Waals surface area contributed by atoms with Crippen molar-refractivity contribution in [1.82, 2.24) is 0 Å². The number of rotatable bonds is 4. The van der Waals surface area contributed by atoms with Gasteiger partial charge in [0, 0.05) is 19.6 Å². The SMILES string of the molecule is CC1=C(C)SC(=C2SC(C)=C(Sc3ccc(SC4=C(C)SC(=C5SC(C)=C(C)S5)S4)cc3)S2)S1. The van der Waals surface area contributed by atoms with Crippen molar-refractivity contribution in [3.05, 3.63) is 79.1 Å². The minimum atomic E-state index is 1.31. The minimum Gasteiger partial charge on any atom is -0.0849 e. The van der Waals surface area contributed by atoms with Gasteiger partial charge in [-0.15, -0.1) is 0 Å². The van der Waals surface area contributed by atoms with E-state index in [9.17, 15) is 0 Å². The molecule has 0 aromatic heterocycles. The molecule has 0 bridgehead atoms. The van der Waals surface area contributed by atoms with Gasteiger partial charge in [0.25, 0.3) is 0 Å². The molecule has 4 heterocycles. The second-order valence-corrected chi connectivity index (χ2v) is 20.7. The third-order valence-corrected chi connectivity index (χ3v) is 19.4. The molecule has 0 saturated heterocycles. The Bertz CT molecular complexity index is 1110. The summed E-state index contributed by atoms with van der Waals surface area (Å²) in [5.41, 5.74) is 0. The van der Waals surface area contributed by atoms with Gasteiger partial charge in [0.15, 0.2) is 0 Å². The van der Waals surface area contributed by atoms with Crippen LogP contribution in [-0.2, 0) is 0 Å². The van der Waals surface area contributed by atoms with Crippen LogP contribution in [0.4, 0.5) is 0 Å². The van der Waals surface area contributed by atoms with Crippen molar-refractivity contribution in [2.45, 2.75) is 51.3 Å². The van der Waals surface area contributed by atoms with E-state index in [2.05, 4.69) is 65.8 Å². The molecule has 0 radical (unpaired) electrons. The van der Waals surface area contributed by atoms with Gasteiger partial charge in [-0.1, -0.05) is 118 Å². The molecule has 10 heteroatoms. The van der Waals surface area contributed by atoms with Gasteiger partial charge in [-0.25, -0.2) is 0 Å². The molecule has 1 aromatic rings.